The Morgan fingerprint density at radius 2 is 2.22 bits per heavy atom. The van der Waals surface area contributed by atoms with Crippen LogP contribution < -0.4 is 10.5 Å². The number of anilines is 1. The van der Waals surface area contributed by atoms with Crippen molar-refractivity contribution in [3.8, 4) is 0 Å². The van der Waals surface area contributed by atoms with Gasteiger partial charge in [-0.05, 0) is 34.1 Å². The van der Waals surface area contributed by atoms with Crippen molar-refractivity contribution in [3.63, 3.8) is 0 Å². The maximum atomic E-state index is 12.0. The molecular formula is C10H11BrN4O2S. The van der Waals surface area contributed by atoms with E-state index in [1.807, 2.05) is 0 Å². The molecule has 2 aromatic rings. The van der Waals surface area contributed by atoms with Gasteiger partial charge in [0.15, 0.2) is 0 Å². The number of aromatic nitrogens is 2. The lowest BCUT2D eigenvalue weighted by molar-refractivity contribution is 0.579. The molecule has 18 heavy (non-hydrogen) atoms. The Bertz CT molecular complexity index is 640. The first kappa shape index (κ1) is 13.1. The summed E-state index contributed by atoms with van der Waals surface area (Å²) in [5.74, 6) is 0.546. The third-order valence-corrected chi connectivity index (χ3v) is 4.61. The standard InChI is InChI=1S/C10H11BrN4O2S/c11-8-5-7(12)1-2-9(8)18(16,17)15-6-10-13-3-4-14-10/h1-5,15H,6,12H2,(H,13,14). The molecule has 1 aromatic carbocycles. The van der Waals surface area contributed by atoms with Crippen LogP contribution in [0, 0.1) is 0 Å². The molecule has 0 fully saturated rings. The third kappa shape index (κ3) is 2.89. The Kier molecular flexibility index (Phi) is 3.69. The molecular weight excluding hydrogens is 320 g/mol. The Hall–Kier alpha value is -1.38. The second-order valence-corrected chi connectivity index (χ2v) is 6.14. The summed E-state index contributed by atoms with van der Waals surface area (Å²) >= 11 is 3.18. The van der Waals surface area contributed by atoms with Gasteiger partial charge < -0.3 is 10.7 Å². The molecule has 1 aromatic heterocycles. The van der Waals surface area contributed by atoms with Gasteiger partial charge in [0.05, 0.1) is 11.4 Å². The summed E-state index contributed by atoms with van der Waals surface area (Å²) < 4.78 is 26.9. The smallest absolute Gasteiger partial charge is 0.242 e. The largest absolute Gasteiger partial charge is 0.399 e. The average Bonchev–Trinajstić information content (AvgIpc) is 2.78. The zero-order valence-electron chi connectivity index (χ0n) is 9.22. The summed E-state index contributed by atoms with van der Waals surface area (Å²) in [7, 11) is -3.60. The van der Waals surface area contributed by atoms with Crippen molar-refractivity contribution in [3.05, 3.63) is 40.9 Å². The number of halogens is 1. The highest BCUT2D eigenvalue weighted by molar-refractivity contribution is 9.10. The fraction of sp³-hybridized carbons (Fsp3) is 0.100. The third-order valence-electron chi connectivity index (χ3n) is 2.23. The molecule has 4 N–H and O–H groups in total. The Morgan fingerprint density at radius 3 is 2.83 bits per heavy atom. The van der Waals surface area contributed by atoms with Crippen LogP contribution in [-0.2, 0) is 16.6 Å². The molecule has 0 radical (unpaired) electrons. The van der Waals surface area contributed by atoms with Crippen LogP contribution in [0.25, 0.3) is 0 Å². The minimum atomic E-state index is -3.60. The van der Waals surface area contributed by atoms with Crippen LogP contribution >= 0.6 is 15.9 Å². The lowest BCUT2D eigenvalue weighted by atomic mass is 10.3. The SMILES string of the molecule is Nc1ccc(S(=O)(=O)NCc2ncc[nH]2)c(Br)c1. The van der Waals surface area contributed by atoms with Crippen LogP contribution in [0.4, 0.5) is 5.69 Å². The number of aromatic amines is 1. The predicted octanol–water partition coefficient (Wildman–Crippen LogP) is 1.23. The van der Waals surface area contributed by atoms with Gasteiger partial charge in [-0.15, -0.1) is 0 Å². The van der Waals surface area contributed by atoms with Gasteiger partial charge in [-0.25, -0.2) is 18.1 Å². The van der Waals surface area contributed by atoms with E-state index in [0.29, 0.717) is 16.0 Å². The van der Waals surface area contributed by atoms with E-state index in [1.54, 1.807) is 18.5 Å². The summed E-state index contributed by atoms with van der Waals surface area (Å²) in [5, 5.41) is 0. The molecule has 2 rings (SSSR count). The van der Waals surface area contributed by atoms with Gasteiger partial charge in [0, 0.05) is 22.6 Å². The fourth-order valence-electron chi connectivity index (χ4n) is 1.37. The quantitative estimate of drug-likeness (QED) is 0.734. The molecule has 1 heterocycles. The first-order chi connectivity index (χ1) is 8.49. The molecule has 0 saturated heterocycles. The number of rotatable bonds is 4. The van der Waals surface area contributed by atoms with Gasteiger partial charge in [-0.2, -0.15) is 0 Å². The van der Waals surface area contributed by atoms with Crippen molar-refractivity contribution in [2.45, 2.75) is 11.4 Å². The van der Waals surface area contributed by atoms with Crippen molar-refractivity contribution in [1.29, 1.82) is 0 Å². The van der Waals surface area contributed by atoms with Crippen LogP contribution in [0.5, 0.6) is 0 Å². The molecule has 0 aliphatic heterocycles. The number of H-pyrrole nitrogens is 1. The fourth-order valence-corrected chi connectivity index (χ4v) is 3.45. The van der Waals surface area contributed by atoms with E-state index < -0.39 is 10.0 Å². The average molecular weight is 331 g/mol. The highest BCUT2D eigenvalue weighted by atomic mass is 79.9. The van der Waals surface area contributed by atoms with E-state index in [-0.39, 0.29) is 11.4 Å². The highest BCUT2D eigenvalue weighted by Crippen LogP contribution is 2.24. The topological polar surface area (TPSA) is 101 Å². The molecule has 96 valence electrons. The molecule has 0 aliphatic rings. The van der Waals surface area contributed by atoms with Gasteiger partial charge in [0.1, 0.15) is 5.82 Å². The van der Waals surface area contributed by atoms with Gasteiger partial charge >= 0.3 is 0 Å². The van der Waals surface area contributed by atoms with Crippen molar-refractivity contribution in [2.75, 3.05) is 5.73 Å². The van der Waals surface area contributed by atoms with E-state index in [2.05, 4.69) is 30.6 Å². The Morgan fingerprint density at radius 1 is 1.44 bits per heavy atom. The minimum absolute atomic E-state index is 0.103. The number of imidazole rings is 1. The van der Waals surface area contributed by atoms with E-state index in [9.17, 15) is 8.42 Å². The zero-order valence-corrected chi connectivity index (χ0v) is 11.6. The second-order valence-electron chi connectivity index (χ2n) is 3.55. The molecule has 0 bridgehead atoms. The molecule has 0 saturated carbocycles. The monoisotopic (exact) mass is 330 g/mol. The van der Waals surface area contributed by atoms with E-state index in [0.717, 1.165) is 0 Å². The Labute approximate surface area is 113 Å². The van der Waals surface area contributed by atoms with Crippen molar-refractivity contribution in [1.82, 2.24) is 14.7 Å². The lowest BCUT2D eigenvalue weighted by Gasteiger charge is -2.07. The van der Waals surface area contributed by atoms with Crippen LogP contribution in [0.15, 0.2) is 40.0 Å². The molecule has 0 spiro atoms. The molecule has 0 amide bonds. The molecule has 0 atom stereocenters. The zero-order chi connectivity index (χ0) is 13.2. The molecule has 0 unspecified atom stereocenters. The minimum Gasteiger partial charge on any atom is -0.399 e. The lowest BCUT2D eigenvalue weighted by Crippen LogP contribution is -2.24. The maximum Gasteiger partial charge on any atom is 0.242 e. The number of nitrogens with two attached hydrogens (primary N) is 1. The number of benzene rings is 1. The Balaban J connectivity index is 2.20. The summed E-state index contributed by atoms with van der Waals surface area (Å²) in [6.07, 6.45) is 3.19. The molecule has 6 nitrogen and oxygen atoms in total. The van der Waals surface area contributed by atoms with Crippen LogP contribution in [0.1, 0.15) is 5.82 Å². The van der Waals surface area contributed by atoms with Crippen molar-refractivity contribution >= 4 is 31.6 Å². The number of nitrogen functional groups attached to an aromatic ring is 1. The normalized spacial score (nSPS) is 11.6. The van der Waals surface area contributed by atoms with E-state index >= 15 is 0 Å². The van der Waals surface area contributed by atoms with Gasteiger partial charge in [-0.3, -0.25) is 0 Å². The van der Waals surface area contributed by atoms with E-state index in [1.165, 1.54) is 12.1 Å². The molecule has 8 heteroatoms. The molecule has 0 aliphatic carbocycles. The number of nitrogens with zero attached hydrogens (tertiary/aromatic N) is 1. The summed E-state index contributed by atoms with van der Waals surface area (Å²) in [6.45, 7) is 0.103. The highest BCUT2D eigenvalue weighted by Gasteiger charge is 2.17. The van der Waals surface area contributed by atoms with Gasteiger partial charge in [-0.1, -0.05) is 0 Å². The first-order valence-corrected chi connectivity index (χ1v) is 7.29. The predicted molar refractivity (Wildman–Crippen MR) is 71.2 cm³/mol. The number of hydrogen-bond acceptors (Lipinski definition) is 4. The number of nitrogens with one attached hydrogen (secondary N) is 2. The van der Waals surface area contributed by atoms with Crippen LogP contribution in [0.2, 0.25) is 0 Å². The number of sulfonamides is 1. The van der Waals surface area contributed by atoms with Crippen molar-refractivity contribution < 1.29 is 8.42 Å². The van der Waals surface area contributed by atoms with Crippen molar-refractivity contribution in [2.24, 2.45) is 0 Å². The van der Waals surface area contributed by atoms with Crippen LogP contribution in [0.3, 0.4) is 0 Å². The van der Waals surface area contributed by atoms with Gasteiger partial charge in [0.25, 0.3) is 0 Å². The summed E-state index contributed by atoms with van der Waals surface area (Å²) in [4.78, 5) is 6.89. The summed E-state index contributed by atoms with van der Waals surface area (Å²) in [5.41, 5.74) is 6.05. The van der Waals surface area contributed by atoms with Crippen LogP contribution in [-0.4, -0.2) is 18.4 Å². The van der Waals surface area contributed by atoms with Gasteiger partial charge in [0.2, 0.25) is 10.0 Å². The first-order valence-electron chi connectivity index (χ1n) is 5.02. The maximum absolute atomic E-state index is 12.0. The van der Waals surface area contributed by atoms with E-state index in [4.69, 9.17) is 5.73 Å². The second kappa shape index (κ2) is 5.09. The summed E-state index contributed by atoms with van der Waals surface area (Å²) in [6, 6.07) is 4.53. The number of hydrogen-bond donors (Lipinski definition) is 3.